The highest BCUT2D eigenvalue weighted by Gasteiger charge is 2.15. The number of hydrogen-bond donors (Lipinski definition) is 2. The van der Waals surface area contributed by atoms with Crippen molar-refractivity contribution < 1.29 is 9.53 Å². The molecule has 0 aliphatic rings. The van der Waals surface area contributed by atoms with Gasteiger partial charge in [-0.1, -0.05) is 0 Å². The minimum Gasteiger partial charge on any atom is -0.480 e. The number of nitrogens with one attached hydrogen (secondary N) is 1. The number of nitrogens with zero attached hydrogens (tertiary/aromatic N) is 2. The van der Waals surface area contributed by atoms with Gasteiger partial charge in [0.05, 0.1) is 5.69 Å². The van der Waals surface area contributed by atoms with Gasteiger partial charge in [0.1, 0.15) is 5.69 Å². The number of rotatable bonds is 5. The van der Waals surface area contributed by atoms with Gasteiger partial charge in [-0.05, 0) is 27.7 Å². The maximum Gasteiger partial charge on any atom is 0.258 e. The molecule has 0 aliphatic carbocycles. The van der Waals surface area contributed by atoms with Crippen LogP contribution < -0.4 is 15.8 Å². The maximum absolute atomic E-state index is 11.6. The van der Waals surface area contributed by atoms with E-state index in [4.69, 9.17) is 10.5 Å². The number of nitrogens with two attached hydrogens (primary N) is 1. The van der Waals surface area contributed by atoms with Gasteiger partial charge < -0.3 is 15.8 Å². The first-order valence-corrected chi connectivity index (χ1v) is 5.89. The maximum atomic E-state index is 11.6. The van der Waals surface area contributed by atoms with E-state index in [-0.39, 0.29) is 24.9 Å². The zero-order valence-electron chi connectivity index (χ0n) is 12.1. The molecule has 1 amide bonds. The van der Waals surface area contributed by atoms with Crippen molar-refractivity contribution >= 4 is 18.3 Å². The molecule has 19 heavy (non-hydrogen) atoms. The van der Waals surface area contributed by atoms with Gasteiger partial charge in [0.2, 0.25) is 0 Å². The standard InChI is InChI=1S/C12H22N4O2.ClH/c1-8-11(9(2)16(5)15-8)18-6-10(17)14-7-12(3,4)13;/h6-7,13H2,1-5H3,(H,14,17);1H. The molecule has 7 heteroatoms. The molecule has 0 aromatic carbocycles. The van der Waals surface area contributed by atoms with E-state index < -0.39 is 5.54 Å². The number of amides is 1. The summed E-state index contributed by atoms with van der Waals surface area (Å²) in [5.74, 6) is 0.482. The predicted molar refractivity (Wildman–Crippen MR) is 76.7 cm³/mol. The Morgan fingerprint density at radius 2 is 2.05 bits per heavy atom. The van der Waals surface area contributed by atoms with Crippen LogP contribution >= 0.6 is 12.4 Å². The van der Waals surface area contributed by atoms with Gasteiger partial charge >= 0.3 is 0 Å². The minimum atomic E-state index is -0.421. The highest BCUT2D eigenvalue weighted by atomic mass is 35.5. The Kier molecular flexibility index (Phi) is 6.32. The molecule has 6 nitrogen and oxygen atoms in total. The van der Waals surface area contributed by atoms with E-state index in [0.29, 0.717) is 12.3 Å². The fourth-order valence-corrected chi connectivity index (χ4v) is 1.48. The van der Waals surface area contributed by atoms with Crippen molar-refractivity contribution in [2.75, 3.05) is 13.2 Å². The summed E-state index contributed by atoms with van der Waals surface area (Å²) >= 11 is 0. The van der Waals surface area contributed by atoms with Crippen molar-refractivity contribution in [1.82, 2.24) is 15.1 Å². The molecule has 1 aromatic rings. The highest BCUT2D eigenvalue weighted by Crippen LogP contribution is 2.20. The van der Waals surface area contributed by atoms with Gasteiger partial charge in [0.25, 0.3) is 5.91 Å². The van der Waals surface area contributed by atoms with Gasteiger partial charge in [0, 0.05) is 19.1 Å². The van der Waals surface area contributed by atoms with Crippen molar-refractivity contribution in [3.8, 4) is 5.75 Å². The van der Waals surface area contributed by atoms with Crippen LogP contribution in [0.3, 0.4) is 0 Å². The molecule has 110 valence electrons. The van der Waals surface area contributed by atoms with E-state index in [2.05, 4.69) is 10.4 Å². The van der Waals surface area contributed by atoms with Gasteiger partial charge in [-0.15, -0.1) is 12.4 Å². The first-order chi connectivity index (χ1) is 8.20. The van der Waals surface area contributed by atoms with E-state index in [9.17, 15) is 4.79 Å². The Hall–Kier alpha value is -1.27. The number of aryl methyl sites for hydroxylation is 2. The largest absolute Gasteiger partial charge is 0.480 e. The van der Waals surface area contributed by atoms with Crippen molar-refractivity contribution in [3.63, 3.8) is 0 Å². The average molecular weight is 291 g/mol. The predicted octanol–water partition coefficient (Wildman–Crippen LogP) is 0.691. The van der Waals surface area contributed by atoms with Crippen LogP contribution in [0, 0.1) is 13.8 Å². The van der Waals surface area contributed by atoms with Crippen LogP contribution in [0.1, 0.15) is 25.2 Å². The zero-order valence-corrected chi connectivity index (χ0v) is 12.9. The number of aromatic nitrogens is 2. The Labute approximate surface area is 120 Å². The average Bonchev–Trinajstić information content (AvgIpc) is 2.47. The minimum absolute atomic E-state index is 0. The molecule has 0 aliphatic heterocycles. The molecule has 0 bridgehead atoms. The van der Waals surface area contributed by atoms with Gasteiger partial charge in [0.15, 0.2) is 12.4 Å². The second kappa shape index (κ2) is 6.77. The first kappa shape index (κ1) is 17.7. The van der Waals surface area contributed by atoms with Crippen LogP contribution in [-0.2, 0) is 11.8 Å². The van der Waals surface area contributed by atoms with E-state index in [0.717, 1.165) is 11.4 Å². The van der Waals surface area contributed by atoms with Gasteiger partial charge in [-0.2, -0.15) is 5.10 Å². The lowest BCUT2D eigenvalue weighted by molar-refractivity contribution is -0.123. The summed E-state index contributed by atoms with van der Waals surface area (Å²) in [6, 6.07) is 0. The SMILES string of the molecule is Cc1nn(C)c(C)c1OCC(=O)NCC(C)(C)N.Cl. The Morgan fingerprint density at radius 1 is 1.47 bits per heavy atom. The van der Waals surface area contributed by atoms with E-state index in [1.807, 2.05) is 34.7 Å². The van der Waals surface area contributed by atoms with Crippen LogP contribution in [-0.4, -0.2) is 34.4 Å². The molecular formula is C12H23ClN4O2. The summed E-state index contributed by atoms with van der Waals surface area (Å²) in [5, 5.41) is 6.94. The van der Waals surface area contributed by atoms with E-state index >= 15 is 0 Å². The lowest BCUT2D eigenvalue weighted by atomic mass is 10.1. The van der Waals surface area contributed by atoms with E-state index in [1.165, 1.54) is 0 Å². The normalized spacial score (nSPS) is 10.8. The summed E-state index contributed by atoms with van der Waals surface area (Å²) in [6.07, 6.45) is 0. The number of hydrogen-bond acceptors (Lipinski definition) is 4. The molecule has 0 radical (unpaired) electrons. The summed E-state index contributed by atoms with van der Waals surface area (Å²) in [4.78, 5) is 11.6. The molecule has 0 saturated carbocycles. The first-order valence-electron chi connectivity index (χ1n) is 5.89. The van der Waals surface area contributed by atoms with Crippen LogP contribution in [0.2, 0.25) is 0 Å². The Bertz CT molecular complexity index is 438. The Morgan fingerprint density at radius 3 is 2.47 bits per heavy atom. The monoisotopic (exact) mass is 290 g/mol. The molecule has 0 spiro atoms. The molecule has 0 fully saturated rings. The molecule has 1 heterocycles. The van der Waals surface area contributed by atoms with Crippen molar-refractivity contribution in [2.24, 2.45) is 12.8 Å². The summed E-state index contributed by atoms with van der Waals surface area (Å²) in [6.45, 7) is 7.84. The van der Waals surface area contributed by atoms with Crippen molar-refractivity contribution in [2.45, 2.75) is 33.2 Å². The van der Waals surface area contributed by atoms with E-state index in [1.54, 1.807) is 4.68 Å². The quantitative estimate of drug-likeness (QED) is 0.836. The second-order valence-corrected chi connectivity index (χ2v) is 5.18. The van der Waals surface area contributed by atoms with Gasteiger partial charge in [-0.25, -0.2) is 0 Å². The fourth-order valence-electron chi connectivity index (χ4n) is 1.48. The van der Waals surface area contributed by atoms with Crippen molar-refractivity contribution in [1.29, 1.82) is 0 Å². The van der Waals surface area contributed by atoms with Crippen LogP contribution in [0.4, 0.5) is 0 Å². The molecule has 0 unspecified atom stereocenters. The van der Waals surface area contributed by atoms with Crippen LogP contribution in [0.25, 0.3) is 0 Å². The molecule has 3 N–H and O–H groups in total. The molecule has 0 saturated heterocycles. The third-order valence-electron chi connectivity index (χ3n) is 2.53. The molecule has 1 rings (SSSR count). The second-order valence-electron chi connectivity index (χ2n) is 5.18. The van der Waals surface area contributed by atoms with Crippen LogP contribution in [0.5, 0.6) is 5.75 Å². The lowest BCUT2D eigenvalue weighted by Gasteiger charge is -2.18. The third kappa shape index (κ3) is 5.48. The third-order valence-corrected chi connectivity index (χ3v) is 2.53. The van der Waals surface area contributed by atoms with Gasteiger partial charge in [-0.3, -0.25) is 9.48 Å². The Balaban J connectivity index is 0.00000324. The number of ether oxygens (including phenoxy) is 1. The number of carbonyl (C=O) groups excluding carboxylic acids is 1. The van der Waals surface area contributed by atoms with Crippen molar-refractivity contribution in [3.05, 3.63) is 11.4 Å². The lowest BCUT2D eigenvalue weighted by Crippen LogP contribution is -2.46. The topological polar surface area (TPSA) is 82.2 Å². The summed E-state index contributed by atoms with van der Waals surface area (Å²) < 4.78 is 7.21. The van der Waals surface area contributed by atoms with Crippen LogP contribution in [0.15, 0.2) is 0 Å². The number of halogens is 1. The summed E-state index contributed by atoms with van der Waals surface area (Å²) in [7, 11) is 1.84. The molecule has 0 atom stereocenters. The molecule has 1 aromatic heterocycles. The highest BCUT2D eigenvalue weighted by molar-refractivity contribution is 5.85. The fraction of sp³-hybridized carbons (Fsp3) is 0.667. The zero-order chi connectivity index (χ0) is 13.9. The summed E-state index contributed by atoms with van der Waals surface area (Å²) in [5.41, 5.74) is 7.03. The number of carbonyl (C=O) groups is 1. The molecular weight excluding hydrogens is 268 g/mol. The smallest absolute Gasteiger partial charge is 0.258 e.